The lowest BCUT2D eigenvalue weighted by Crippen LogP contribution is -2.07. The van der Waals surface area contributed by atoms with E-state index in [0.29, 0.717) is 22.7 Å². The molecule has 0 fully saturated rings. The van der Waals surface area contributed by atoms with Gasteiger partial charge in [-0.2, -0.15) is 0 Å². The second-order valence-corrected chi connectivity index (χ2v) is 3.67. The normalized spacial score (nSPS) is 12.2. The summed E-state index contributed by atoms with van der Waals surface area (Å²) in [7, 11) is 1.58. The van der Waals surface area contributed by atoms with Crippen LogP contribution in [0.1, 0.15) is 23.1 Å². The molecule has 0 radical (unpaired) electrons. The fourth-order valence-electron chi connectivity index (χ4n) is 1.73. The third kappa shape index (κ3) is 2.26. The first kappa shape index (κ1) is 11.5. The summed E-state index contributed by atoms with van der Waals surface area (Å²) in [5, 5.41) is 10.3. The minimum Gasteiger partial charge on any atom is -0.496 e. The third-order valence-electron chi connectivity index (χ3n) is 2.61. The van der Waals surface area contributed by atoms with E-state index in [2.05, 4.69) is 9.97 Å². The number of hydrogen-bond acceptors (Lipinski definition) is 4. The SMILES string of the molecule is COc1ccccc1C(O)c1nccnc1C. The highest BCUT2D eigenvalue weighted by atomic mass is 16.5. The smallest absolute Gasteiger partial charge is 0.126 e. The highest BCUT2D eigenvalue weighted by Crippen LogP contribution is 2.29. The zero-order chi connectivity index (χ0) is 12.3. The highest BCUT2D eigenvalue weighted by molar-refractivity contribution is 5.39. The van der Waals surface area contributed by atoms with Crippen LogP contribution in [0.5, 0.6) is 5.75 Å². The molecule has 0 saturated carbocycles. The average molecular weight is 230 g/mol. The molecular weight excluding hydrogens is 216 g/mol. The van der Waals surface area contributed by atoms with E-state index in [4.69, 9.17) is 4.74 Å². The Balaban J connectivity index is 2.44. The predicted octanol–water partition coefficient (Wildman–Crippen LogP) is 1.88. The summed E-state index contributed by atoms with van der Waals surface area (Å²) in [6.45, 7) is 1.82. The first-order chi connectivity index (χ1) is 8.24. The van der Waals surface area contributed by atoms with Crippen LogP contribution in [-0.4, -0.2) is 22.2 Å². The third-order valence-corrected chi connectivity index (χ3v) is 2.61. The summed E-state index contributed by atoms with van der Waals surface area (Å²) in [4.78, 5) is 8.28. The molecule has 2 aromatic rings. The van der Waals surface area contributed by atoms with Crippen molar-refractivity contribution in [3.8, 4) is 5.75 Å². The van der Waals surface area contributed by atoms with E-state index in [1.165, 1.54) is 0 Å². The molecule has 0 saturated heterocycles. The molecule has 1 aromatic carbocycles. The number of aromatic nitrogens is 2. The van der Waals surface area contributed by atoms with Gasteiger partial charge in [-0.3, -0.25) is 9.97 Å². The molecule has 1 unspecified atom stereocenters. The molecule has 0 aliphatic carbocycles. The van der Waals surface area contributed by atoms with Crippen molar-refractivity contribution in [3.05, 3.63) is 53.6 Å². The maximum Gasteiger partial charge on any atom is 0.126 e. The van der Waals surface area contributed by atoms with Gasteiger partial charge in [-0.25, -0.2) is 0 Å². The second kappa shape index (κ2) is 4.93. The minimum absolute atomic E-state index is 0.553. The van der Waals surface area contributed by atoms with Crippen molar-refractivity contribution in [1.29, 1.82) is 0 Å². The standard InChI is InChI=1S/C13H14N2O2/c1-9-12(15-8-7-14-9)13(16)10-5-3-4-6-11(10)17-2/h3-8,13,16H,1-2H3. The van der Waals surface area contributed by atoms with Crippen LogP contribution in [0.4, 0.5) is 0 Å². The van der Waals surface area contributed by atoms with Gasteiger partial charge < -0.3 is 9.84 Å². The molecule has 1 N–H and O–H groups in total. The molecule has 17 heavy (non-hydrogen) atoms. The number of para-hydroxylation sites is 1. The van der Waals surface area contributed by atoms with Crippen molar-refractivity contribution in [2.75, 3.05) is 7.11 Å². The summed E-state index contributed by atoms with van der Waals surface area (Å²) in [6, 6.07) is 7.34. The van der Waals surface area contributed by atoms with E-state index < -0.39 is 6.10 Å². The summed E-state index contributed by atoms with van der Waals surface area (Å²) in [5.74, 6) is 0.644. The van der Waals surface area contributed by atoms with Gasteiger partial charge in [0, 0.05) is 18.0 Å². The molecule has 0 bridgehead atoms. The fraction of sp³-hybridized carbons (Fsp3) is 0.231. The number of benzene rings is 1. The summed E-state index contributed by atoms with van der Waals surface area (Å²) < 4.78 is 5.22. The number of rotatable bonds is 3. The molecule has 1 heterocycles. The van der Waals surface area contributed by atoms with Crippen molar-refractivity contribution in [2.45, 2.75) is 13.0 Å². The molecular formula is C13H14N2O2. The molecule has 1 atom stereocenters. The Kier molecular flexibility index (Phi) is 3.35. The highest BCUT2D eigenvalue weighted by Gasteiger charge is 2.18. The zero-order valence-corrected chi connectivity index (χ0v) is 9.79. The molecule has 4 nitrogen and oxygen atoms in total. The molecule has 2 rings (SSSR count). The molecule has 0 aliphatic heterocycles. The van der Waals surface area contributed by atoms with Crippen molar-refractivity contribution in [1.82, 2.24) is 9.97 Å². The average Bonchev–Trinajstić information content (AvgIpc) is 2.38. The molecule has 0 spiro atoms. The van der Waals surface area contributed by atoms with E-state index in [9.17, 15) is 5.11 Å². The van der Waals surface area contributed by atoms with Gasteiger partial charge >= 0.3 is 0 Å². The Morgan fingerprint density at radius 3 is 2.59 bits per heavy atom. The Hall–Kier alpha value is -1.94. The van der Waals surface area contributed by atoms with Crippen LogP contribution < -0.4 is 4.74 Å². The lowest BCUT2D eigenvalue weighted by Gasteiger charge is -2.15. The number of methoxy groups -OCH3 is 1. The Bertz CT molecular complexity index is 514. The van der Waals surface area contributed by atoms with Gasteiger partial charge in [0.05, 0.1) is 18.5 Å². The van der Waals surface area contributed by atoms with Crippen LogP contribution in [0.3, 0.4) is 0 Å². The van der Waals surface area contributed by atoms with E-state index in [0.717, 1.165) is 0 Å². The van der Waals surface area contributed by atoms with Gasteiger partial charge in [0.1, 0.15) is 11.9 Å². The molecule has 4 heteroatoms. The Morgan fingerprint density at radius 1 is 1.18 bits per heavy atom. The van der Waals surface area contributed by atoms with Gasteiger partial charge in [0.15, 0.2) is 0 Å². The predicted molar refractivity (Wildman–Crippen MR) is 63.8 cm³/mol. The van der Waals surface area contributed by atoms with Crippen molar-refractivity contribution in [2.24, 2.45) is 0 Å². The lowest BCUT2D eigenvalue weighted by atomic mass is 10.0. The number of hydrogen-bond donors (Lipinski definition) is 1. The number of aliphatic hydroxyl groups is 1. The molecule has 1 aromatic heterocycles. The van der Waals surface area contributed by atoms with Crippen LogP contribution in [-0.2, 0) is 0 Å². The number of nitrogens with zero attached hydrogens (tertiary/aromatic N) is 2. The quantitative estimate of drug-likeness (QED) is 0.874. The van der Waals surface area contributed by atoms with E-state index in [-0.39, 0.29) is 0 Å². The number of ether oxygens (including phenoxy) is 1. The van der Waals surface area contributed by atoms with Gasteiger partial charge in [-0.05, 0) is 13.0 Å². The summed E-state index contributed by atoms with van der Waals surface area (Å²) in [6.07, 6.45) is 2.36. The molecule has 0 amide bonds. The Labute approximate surface area is 99.9 Å². The van der Waals surface area contributed by atoms with Gasteiger partial charge in [-0.1, -0.05) is 18.2 Å². The van der Waals surface area contributed by atoms with Crippen LogP contribution in [0.15, 0.2) is 36.7 Å². The Morgan fingerprint density at radius 2 is 1.88 bits per heavy atom. The second-order valence-electron chi connectivity index (χ2n) is 3.67. The first-order valence-electron chi connectivity index (χ1n) is 5.32. The first-order valence-corrected chi connectivity index (χ1v) is 5.32. The van der Waals surface area contributed by atoms with E-state index in [1.54, 1.807) is 19.5 Å². The zero-order valence-electron chi connectivity index (χ0n) is 9.79. The number of aliphatic hydroxyl groups excluding tert-OH is 1. The van der Waals surface area contributed by atoms with Crippen molar-refractivity contribution >= 4 is 0 Å². The van der Waals surface area contributed by atoms with Crippen molar-refractivity contribution < 1.29 is 9.84 Å². The van der Waals surface area contributed by atoms with Crippen LogP contribution in [0.2, 0.25) is 0 Å². The number of aryl methyl sites for hydroxylation is 1. The largest absolute Gasteiger partial charge is 0.496 e. The maximum atomic E-state index is 10.3. The topological polar surface area (TPSA) is 55.2 Å². The van der Waals surface area contributed by atoms with Crippen LogP contribution >= 0.6 is 0 Å². The van der Waals surface area contributed by atoms with Gasteiger partial charge in [0.25, 0.3) is 0 Å². The van der Waals surface area contributed by atoms with E-state index >= 15 is 0 Å². The summed E-state index contributed by atoms with van der Waals surface area (Å²) in [5.41, 5.74) is 1.96. The fourth-order valence-corrected chi connectivity index (χ4v) is 1.73. The lowest BCUT2D eigenvalue weighted by molar-refractivity contribution is 0.208. The minimum atomic E-state index is -0.820. The van der Waals surface area contributed by atoms with E-state index in [1.807, 2.05) is 31.2 Å². The maximum absolute atomic E-state index is 10.3. The molecule has 88 valence electrons. The summed E-state index contributed by atoms with van der Waals surface area (Å²) >= 11 is 0. The van der Waals surface area contributed by atoms with Gasteiger partial charge in [-0.15, -0.1) is 0 Å². The monoisotopic (exact) mass is 230 g/mol. The van der Waals surface area contributed by atoms with Crippen molar-refractivity contribution in [3.63, 3.8) is 0 Å². The van der Waals surface area contributed by atoms with Gasteiger partial charge in [0.2, 0.25) is 0 Å². The molecule has 0 aliphatic rings. The van der Waals surface area contributed by atoms with Crippen LogP contribution in [0.25, 0.3) is 0 Å². The van der Waals surface area contributed by atoms with Crippen LogP contribution in [0, 0.1) is 6.92 Å².